The lowest BCUT2D eigenvalue weighted by molar-refractivity contribution is -0.139. The largest absolute Gasteiger partial charge is 0.480 e. The molecule has 1 atom stereocenters. The van der Waals surface area contributed by atoms with Crippen molar-refractivity contribution in [3.05, 3.63) is 0 Å². The van der Waals surface area contributed by atoms with Crippen LogP contribution in [0.5, 0.6) is 0 Å². The standard InChI is InChI=1S/C10H20N2O4S/c1-3-4-9(10(13)14)11-17(15,16)12(2)7-8-5-6-8/h8-9,11H,3-7H2,1-2H3,(H,13,14). The van der Waals surface area contributed by atoms with Crippen LogP contribution in [0.1, 0.15) is 32.6 Å². The molecule has 0 radical (unpaired) electrons. The molecule has 1 fully saturated rings. The van der Waals surface area contributed by atoms with Gasteiger partial charge in [0, 0.05) is 13.6 Å². The highest BCUT2D eigenvalue weighted by molar-refractivity contribution is 7.87. The summed E-state index contributed by atoms with van der Waals surface area (Å²) in [6.07, 6.45) is 3.02. The molecule has 100 valence electrons. The van der Waals surface area contributed by atoms with E-state index in [9.17, 15) is 13.2 Å². The highest BCUT2D eigenvalue weighted by Crippen LogP contribution is 2.29. The van der Waals surface area contributed by atoms with Gasteiger partial charge in [0.15, 0.2) is 0 Å². The van der Waals surface area contributed by atoms with Gasteiger partial charge in [-0.3, -0.25) is 4.79 Å². The van der Waals surface area contributed by atoms with Gasteiger partial charge < -0.3 is 5.11 Å². The summed E-state index contributed by atoms with van der Waals surface area (Å²) in [5.41, 5.74) is 0. The van der Waals surface area contributed by atoms with Crippen LogP contribution in [-0.2, 0) is 15.0 Å². The van der Waals surface area contributed by atoms with Gasteiger partial charge in [0.05, 0.1) is 0 Å². The maximum absolute atomic E-state index is 11.8. The number of rotatable bonds is 8. The Labute approximate surface area is 102 Å². The molecule has 0 aromatic rings. The SMILES string of the molecule is CCCC(NS(=O)(=O)N(C)CC1CC1)C(=O)O. The van der Waals surface area contributed by atoms with Crippen LogP contribution in [0, 0.1) is 5.92 Å². The third-order valence-corrected chi connectivity index (χ3v) is 4.34. The molecule has 17 heavy (non-hydrogen) atoms. The number of aliphatic carboxylic acids is 1. The number of hydrogen-bond acceptors (Lipinski definition) is 3. The molecule has 1 rings (SSSR count). The topological polar surface area (TPSA) is 86.7 Å². The van der Waals surface area contributed by atoms with Gasteiger partial charge in [-0.1, -0.05) is 13.3 Å². The van der Waals surface area contributed by atoms with E-state index in [1.54, 1.807) is 0 Å². The molecule has 2 N–H and O–H groups in total. The molecular formula is C10H20N2O4S. The first-order valence-corrected chi connectivity index (χ1v) is 7.27. The van der Waals surface area contributed by atoms with E-state index in [4.69, 9.17) is 5.11 Å². The Kier molecular flexibility index (Phi) is 4.91. The molecule has 0 saturated heterocycles. The van der Waals surface area contributed by atoms with Crippen LogP contribution in [-0.4, -0.2) is 43.4 Å². The van der Waals surface area contributed by atoms with Crippen molar-refractivity contribution in [3.63, 3.8) is 0 Å². The van der Waals surface area contributed by atoms with Crippen molar-refractivity contribution in [2.24, 2.45) is 5.92 Å². The minimum absolute atomic E-state index is 0.297. The summed E-state index contributed by atoms with van der Waals surface area (Å²) in [6.45, 7) is 2.28. The third kappa shape index (κ3) is 4.61. The number of nitrogens with one attached hydrogen (secondary N) is 1. The smallest absolute Gasteiger partial charge is 0.321 e. The highest BCUT2D eigenvalue weighted by Gasteiger charge is 2.30. The van der Waals surface area contributed by atoms with Crippen molar-refractivity contribution >= 4 is 16.2 Å². The summed E-state index contributed by atoms with van der Waals surface area (Å²) in [5, 5.41) is 8.90. The van der Waals surface area contributed by atoms with Crippen molar-refractivity contribution in [2.45, 2.75) is 38.6 Å². The Balaban J connectivity index is 2.58. The zero-order chi connectivity index (χ0) is 13.1. The molecule has 0 amide bonds. The fourth-order valence-electron chi connectivity index (χ4n) is 1.55. The molecule has 0 aromatic carbocycles. The van der Waals surface area contributed by atoms with Crippen molar-refractivity contribution in [1.29, 1.82) is 0 Å². The predicted molar refractivity (Wildman–Crippen MR) is 63.7 cm³/mol. The first-order chi connectivity index (χ1) is 7.86. The lowest BCUT2D eigenvalue weighted by atomic mass is 10.2. The van der Waals surface area contributed by atoms with Crippen molar-refractivity contribution < 1.29 is 18.3 Å². The van der Waals surface area contributed by atoms with Gasteiger partial charge in [-0.2, -0.15) is 17.4 Å². The number of nitrogens with zero attached hydrogens (tertiary/aromatic N) is 1. The van der Waals surface area contributed by atoms with Crippen molar-refractivity contribution in [2.75, 3.05) is 13.6 Å². The quantitative estimate of drug-likeness (QED) is 0.665. The Morgan fingerprint density at radius 2 is 2.12 bits per heavy atom. The molecule has 0 spiro atoms. The van der Waals surface area contributed by atoms with E-state index in [1.807, 2.05) is 6.92 Å². The van der Waals surface area contributed by atoms with E-state index in [-0.39, 0.29) is 0 Å². The summed E-state index contributed by atoms with van der Waals surface area (Å²) in [6, 6.07) is -1.04. The average Bonchev–Trinajstić information content (AvgIpc) is 3.00. The summed E-state index contributed by atoms with van der Waals surface area (Å²) in [4.78, 5) is 10.9. The summed E-state index contributed by atoms with van der Waals surface area (Å²) < 4.78 is 27.1. The Hall–Kier alpha value is -0.660. The number of carbonyl (C=O) groups is 1. The van der Waals surface area contributed by atoms with E-state index in [0.717, 1.165) is 12.8 Å². The summed E-state index contributed by atoms with van der Waals surface area (Å²) in [7, 11) is -2.20. The van der Waals surface area contributed by atoms with Crippen LogP contribution in [0.4, 0.5) is 0 Å². The first-order valence-electron chi connectivity index (χ1n) is 5.83. The maximum atomic E-state index is 11.8. The van der Waals surface area contributed by atoms with E-state index >= 15 is 0 Å². The Bertz CT molecular complexity index is 365. The zero-order valence-electron chi connectivity index (χ0n) is 10.2. The van der Waals surface area contributed by atoms with E-state index in [0.29, 0.717) is 25.3 Å². The highest BCUT2D eigenvalue weighted by atomic mass is 32.2. The second-order valence-electron chi connectivity index (χ2n) is 4.53. The van der Waals surface area contributed by atoms with Gasteiger partial charge >= 0.3 is 5.97 Å². The lowest BCUT2D eigenvalue weighted by Gasteiger charge is -2.20. The van der Waals surface area contributed by atoms with Crippen molar-refractivity contribution in [1.82, 2.24) is 9.03 Å². The zero-order valence-corrected chi connectivity index (χ0v) is 11.0. The molecular weight excluding hydrogens is 244 g/mol. The van der Waals surface area contributed by atoms with Crippen molar-refractivity contribution in [3.8, 4) is 0 Å². The van der Waals surface area contributed by atoms with Crippen LogP contribution in [0.3, 0.4) is 0 Å². The maximum Gasteiger partial charge on any atom is 0.321 e. The number of carboxylic acid groups (broad SMARTS) is 1. The van der Waals surface area contributed by atoms with Gasteiger partial charge in [0.25, 0.3) is 10.2 Å². The van der Waals surface area contributed by atoms with Crippen LogP contribution >= 0.6 is 0 Å². The van der Waals surface area contributed by atoms with Gasteiger partial charge in [-0.05, 0) is 25.2 Å². The van der Waals surface area contributed by atoms with E-state index in [1.165, 1.54) is 11.4 Å². The van der Waals surface area contributed by atoms with Crippen LogP contribution in [0.25, 0.3) is 0 Å². The molecule has 0 bridgehead atoms. The van der Waals surface area contributed by atoms with Gasteiger partial charge in [0.2, 0.25) is 0 Å². The second-order valence-corrected chi connectivity index (χ2v) is 6.34. The van der Waals surface area contributed by atoms with E-state index < -0.39 is 22.2 Å². The lowest BCUT2D eigenvalue weighted by Crippen LogP contribution is -2.47. The molecule has 0 aliphatic heterocycles. The average molecular weight is 264 g/mol. The van der Waals surface area contributed by atoms with Gasteiger partial charge in [-0.25, -0.2) is 0 Å². The molecule has 1 unspecified atom stereocenters. The monoisotopic (exact) mass is 264 g/mol. The number of hydrogen-bond donors (Lipinski definition) is 2. The minimum atomic E-state index is -3.68. The summed E-state index contributed by atoms with van der Waals surface area (Å²) >= 11 is 0. The predicted octanol–water partition coefficient (Wildman–Crippen LogP) is 0.416. The fraction of sp³-hybridized carbons (Fsp3) is 0.900. The molecule has 0 heterocycles. The van der Waals surface area contributed by atoms with E-state index in [2.05, 4.69) is 4.72 Å². The van der Waals surface area contributed by atoms with Crippen LogP contribution < -0.4 is 4.72 Å². The normalized spacial score (nSPS) is 18.3. The minimum Gasteiger partial charge on any atom is -0.480 e. The second kappa shape index (κ2) is 5.79. The molecule has 1 aliphatic carbocycles. The molecule has 1 saturated carbocycles. The molecule has 1 aliphatic rings. The third-order valence-electron chi connectivity index (χ3n) is 2.79. The Morgan fingerprint density at radius 3 is 2.53 bits per heavy atom. The molecule has 0 aromatic heterocycles. The van der Waals surface area contributed by atoms with Crippen LogP contribution in [0.2, 0.25) is 0 Å². The van der Waals surface area contributed by atoms with Gasteiger partial charge in [-0.15, -0.1) is 0 Å². The fourth-order valence-corrected chi connectivity index (χ4v) is 2.72. The Morgan fingerprint density at radius 1 is 1.53 bits per heavy atom. The first kappa shape index (κ1) is 14.4. The number of carboxylic acids is 1. The van der Waals surface area contributed by atoms with Crippen LogP contribution in [0.15, 0.2) is 0 Å². The molecule has 6 nitrogen and oxygen atoms in total. The molecule has 7 heteroatoms. The summed E-state index contributed by atoms with van der Waals surface area (Å²) in [5.74, 6) is -0.693. The van der Waals surface area contributed by atoms with Gasteiger partial charge in [0.1, 0.15) is 6.04 Å².